The van der Waals surface area contributed by atoms with Crippen LogP contribution in [-0.2, 0) is 13.2 Å². The highest BCUT2D eigenvalue weighted by molar-refractivity contribution is 9.10. The molecule has 2 aromatic carbocycles. The first-order valence-corrected chi connectivity index (χ1v) is 6.72. The highest BCUT2D eigenvalue weighted by Crippen LogP contribution is 2.23. The molecule has 0 radical (unpaired) electrons. The zero-order chi connectivity index (χ0) is 13.0. The van der Waals surface area contributed by atoms with Crippen molar-refractivity contribution in [2.24, 2.45) is 5.73 Å². The molecule has 2 N–H and O–H groups in total. The molecule has 94 valence electrons. The van der Waals surface area contributed by atoms with E-state index in [0.717, 1.165) is 21.3 Å². The van der Waals surface area contributed by atoms with E-state index in [2.05, 4.69) is 15.9 Å². The van der Waals surface area contributed by atoms with Gasteiger partial charge in [0.05, 0.1) is 0 Å². The van der Waals surface area contributed by atoms with Gasteiger partial charge >= 0.3 is 0 Å². The molecular formula is C14H13BrClNO. The monoisotopic (exact) mass is 325 g/mol. The number of hydrogen-bond acceptors (Lipinski definition) is 2. The lowest BCUT2D eigenvalue weighted by atomic mass is 10.2. The van der Waals surface area contributed by atoms with Gasteiger partial charge < -0.3 is 10.5 Å². The summed E-state index contributed by atoms with van der Waals surface area (Å²) >= 11 is 9.31. The van der Waals surface area contributed by atoms with E-state index in [1.807, 2.05) is 36.4 Å². The second-order valence-electron chi connectivity index (χ2n) is 3.87. The zero-order valence-corrected chi connectivity index (χ0v) is 12.0. The van der Waals surface area contributed by atoms with Crippen LogP contribution in [0.15, 0.2) is 46.9 Å². The smallest absolute Gasteiger partial charge is 0.124 e. The third-order valence-corrected chi connectivity index (χ3v) is 3.31. The van der Waals surface area contributed by atoms with Crippen LogP contribution in [0, 0.1) is 0 Å². The SMILES string of the molecule is NCc1cc(Cl)ccc1OCc1ccc(Br)cc1. The molecule has 0 heterocycles. The van der Waals surface area contributed by atoms with E-state index in [9.17, 15) is 0 Å². The molecule has 0 fully saturated rings. The van der Waals surface area contributed by atoms with Gasteiger partial charge in [-0.1, -0.05) is 39.7 Å². The molecule has 0 saturated carbocycles. The average molecular weight is 327 g/mol. The highest BCUT2D eigenvalue weighted by Gasteiger charge is 2.03. The van der Waals surface area contributed by atoms with E-state index in [4.69, 9.17) is 22.1 Å². The van der Waals surface area contributed by atoms with E-state index in [1.165, 1.54) is 0 Å². The number of benzene rings is 2. The molecule has 0 aromatic heterocycles. The summed E-state index contributed by atoms with van der Waals surface area (Å²) in [6.45, 7) is 0.929. The Morgan fingerprint density at radius 1 is 1.11 bits per heavy atom. The second-order valence-corrected chi connectivity index (χ2v) is 5.22. The van der Waals surface area contributed by atoms with Crippen molar-refractivity contribution in [3.63, 3.8) is 0 Å². The predicted molar refractivity (Wildman–Crippen MR) is 77.8 cm³/mol. The maximum absolute atomic E-state index is 5.91. The Bertz CT molecular complexity index is 528. The molecular weight excluding hydrogens is 314 g/mol. The highest BCUT2D eigenvalue weighted by atomic mass is 79.9. The van der Waals surface area contributed by atoms with Crippen molar-refractivity contribution >= 4 is 27.5 Å². The molecule has 0 bridgehead atoms. The van der Waals surface area contributed by atoms with Gasteiger partial charge in [0.1, 0.15) is 12.4 Å². The summed E-state index contributed by atoms with van der Waals surface area (Å²) in [6, 6.07) is 13.5. The Morgan fingerprint density at radius 2 is 1.83 bits per heavy atom. The molecule has 0 aliphatic carbocycles. The van der Waals surface area contributed by atoms with Crippen LogP contribution in [0.1, 0.15) is 11.1 Å². The van der Waals surface area contributed by atoms with Gasteiger partial charge in [0.25, 0.3) is 0 Å². The van der Waals surface area contributed by atoms with E-state index >= 15 is 0 Å². The van der Waals surface area contributed by atoms with Gasteiger partial charge in [0.15, 0.2) is 0 Å². The normalized spacial score (nSPS) is 10.4. The van der Waals surface area contributed by atoms with Crippen molar-refractivity contribution in [3.8, 4) is 5.75 Å². The minimum atomic E-state index is 0.413. The summed E-state index contributed by atoms with van der Waals surface area (Å²) in [6.07, 6.45) is 0. The van der Waals surface area contributed by atoms with Crippen LogP contribution < -0.4 is 10.5 Å². The second kappa shape index (κ2) is 6.23. The fourth-order valence-electron chi connectivity index (χ4n) is 1.59. The fraction of sp³-hybridized carbons (Fsp3) is 0.143. The average Bonchev–Trinajstić information content (AvgIpc) is 2.39. The van der Waals surface area contributed by atoms with Crippen LogP contribution in [0.25, 0.3) is 0 Å². The molecule has 0 unspecified atom stereocenters. The Kier molecular flexibility index (Phi) is 4.64. The van der Waals surface area contributed by atoms with Gasteiger partial charge in [-0.2, -0.15) is 0 Å². The van der Waals surface area contributed by atoms with E-state index in [1.54, 1.807) is 6.07 Å². The summed E-state index contributed by atoms with van der Waals surface area (Å²) in [5, 5.41) is 0.673. The summed E-state index contributed by atoms with van der Waals surface area (Å²) in [5.41, 5.74) is 7.69. The van der Waals surface area contributed by atoms with Gasteiger partial charge in [0, 0.05) is 21.6 Å². The molecule has 0 saturated heterocycles. The van der Waals surface area contributed by atoms with Gasteiger partial charge in [-0.15, -0.1) is 0 Å². The largest absolute Gasteiger partial charge is 0.489 e. The lowest BCUT2D eigenvalue weighted by Gasteiger charge is -2.10. The fourth-order valence-corrected chi connectivity index (χ4v) is 2.05. The number of hydrogen-bond donors (Lipinski definition) is 1. The van der Waals surface area contributed by atoms with E-state index in [0.29, 0.717) is 18.2 Å². The first-order valence-electron chi connectivity index (χ1n) is 5.55. The number of nitrogens with two attached hydrogens (primary N) is 1. The van der Waals surface area contributed by atoms with Crippen LogP contribution >= 0.6 is 27.5 Å². The molecule has 0 amide bonds. The standard InChI is InChI=1S/C14H13BrClNO/c15-12-3-1-10(2-4-12)9-18-14-6-5-13(16)7-11(14)8-17/h1-7H,8-9,17H2. The number of rotatable bonds is 4. The summed E-state index contributed by atoms with van der Waals surface area (Å²) in [5.74, 6) is 0.782. The minimum absolute atomic E-state index is 0.413. The Hall–Kier alpha value is -1.03. The van der Waals surface area contributed by atoms with Crippen LogP contribution in [-0.4, -0.2) is 0 Å². The van der Waals surface area contributed by atoms with Crippen LogP contribution in [0.3, 0.4) is 0 Å². The zero-order valence-electron chi connectivity index (χ0n) is 9.70. The molecule has 2 rings (SSSR count). The Balaban J connectivity index is 2.08. The van der Waals surface area contributed by atoms with Gasteiger partial charge in [-0.25, -0.2) is 0 Å². The van der Waals surface area contributed by atoms with Crippen molar-refractivity contribution in [1.82, 2.24) is 0 Å². The van der Waals surface area contributed by atoms with Crippen LogP contribution in [0.4, 0.5) is 0 Å². The minimum Gasteiger partial charge on any atom is -0.489 e. The molecule has 0 atom stereocenters. The molecule has 2 nitrogen and oxygen atoms in total. The molecule has 2 aromatic rings. The molecule has 18 heavy (non-hydrogen) atoms. The van der Waals surface area contributed by atoms with Crippen molar-refractivity contribution in [2.75, 3.05) is 0 Å². The van der Waals surface area contributed by atoms with Crippen LogP contribution in [0.5, 0.6) is 5.75 Å². The molecule has 4 heteroatoms. The van der Waals surface area contributed by atoms with Crippen molar-refractivity contribution in [2.45, 2.75) is 13.2 Å². The number of halogens is 2. The van der Waals surface area contributed by atoms with Crippen molar-refractivity contribution in [1.29, 1.82) is 0 Å². The lowest BCUT2D eigenvalue weighted by molar-refractivity contribution is 0.303. The Morgan fingerprint density at radius 3 is 2.50 bits per heavy atom. The van der Waals surface area contributed by atoms with E-state index in [-0.39, 0.29) is 0 Å². The molecule has 0 aliphatic heterocycles. The van der Waals surface area contributed by atoms with Gasteiger partial charge in [-0.05, 0) is 35.9 Å². The first-order chi connectivity index (χ1) is 8.69. The third-order valence-electron chi connectivity index (χ3n) is 2.55. The topological polar surface area (TPSA) is 35.2 Å². The van der Waals surface area contributed by atoms with Crippen molar-refractivity contribution in [3.05, 3.63) is 63.1 Å². The maximum Gasteiger partial charge on any atom is 0.124 e. The summed E-state index contributed by atoms with van der Waals surface area (Å²) in [4.78, 5) is 0. The number of ether oxygens (including phenoxy) is 1. The Labute approximate surface area is 120 Å². The van der Waals surface area contributed by atoms with Gasteiger partial charge in [-0.3, -0.25) is 0 Å². The maximum atomic E-state index is 5.91. The quantitative estimate of drug-likeness (QED) is 0.916. The van der Waals surface area contributed by atoms with Crippen molar-refractivity contribution < 1.29 is 4.74 Å². The summed E-state index contributed by atoms with van der Waals surface area (Å²) < 4.78 is 6.81. The first kappa shape index (κ1) is 13.4. The predicted octanol–water partition coefficient (Wildman–Crippen LogP) is 4.14. The van der Waals surface area contributed by atoms with Gasteiger partial charge in [0.2, 0.25) is 0 Å². The van der Waals surface area contributed by atoms with Crippen LogP contribution in [0.2, 0.25) is 5.02 Å². The third kappa shape index (κ3) is 3.48. The molecule has 0 aliphatic rings. The molecule has 0 spiro atoms. The summed E-state index contributed by atoms with van der Waals surface area (Å²) in [7, 11) is 0. The van der Waals surface area contributed by atoms with E-state index < -0.39 is 0 Å². The lowest BCUT2D eigenvalue weighted by Crippen LogP contribution is -2.02.